The van der Waals surface area contributed by atoms with Crippen molar-refractivity contribution in [3.8, 4) is 17.0 Å². The number of nitrogens with one attached hydrogen (secondary N) is 1. The van der Waals surface area contributed by atoms with Crippen molar-refractivity contribution in [1.82, 2.24) is 24.5 Å². The fourth-order valence-electron chi connectivity index (χ4n) is 5.88. The lowest BCUT2D eigenvalue weighted by molar-refractivity contribution is -0.0104. The van der Waals surface area contributed by atoms with Gasteiger partial charge in [-0.25, -0.2) is 14.6 Å². The lowest BCUT2D eigenvalue weighted by Gasteiger charge is -2.36. The van der Waals surface area contributed by atoms with Gasteiger partial charge in [0.15, 0.2) is 5.65 Å². The molecule has 1 aliphatic heterocycles. The number of β-amino-alcohol motifs (C(OH)–C–C–N with tert-alkyl or cyclic N) is 1. The van der Waals surface area contributed by atoms with Gasteiger partial charge in [0, 0.05) is 42.4 Å². The summed E-state index contributed by atoms with van der Waals surface area (Å²) in [7, 11) is 1.61. The average Bonchev–Trinajstić information content (AvgIpc) is 3.49. The molecule has 0 saturated carbocycles. The molecule has 13 nitrogen and oxygen atoms in total. The van der Waals surface area contributed by atoms with E-state index in [1.165, 1.54) is 0 Å². The van der Waals surface area contributed by atoms with Crippen molar-refractivity contribution in [3.05, 3.63) is 66.0 Å². The number of likely N-dealkylation sites (tertiary alicyclic amines) is 1. The first-order chi connectivity index (χ1) is 24.0. The van der Waals surface area contributed by atoms with Gasteiger partial charge in [-0.2, -0.15) is 9.61 Å². The number of hydrogen-bond donors (Lipinski definition) is 2. The summed E-state index contributed by atoms with van der Waals surface area (Å²) >= 11 is 0. The number of hydrogen-bond acceptors (Lipinski definition) is 10. The zero-order chi connectivity index (χ0) is 37.1. The minimum atomic E-state index is -0.754. The number of carbonyl (C=O) groups excluding carboxylic acids is 2. The van der Waals surface area contributed by atoms with E-state index < -0.39 is 29.5 Å². The van der Waals surface area contributed by atoms with E-state index in [0.29, 0.717) is 42.5 Å². The third-order valence-corrected chi connectivity index (χ3v) is 8.47. The molecule has 274 valence electrons. The second kappa shape index (κ2) is 15.1. The van der Waals surface area contributed by atoms with Gasteiger partial charge >= 0.3 is 12.2 Å². The number of anilines is 2. The van der Waals surface area contributed by atoms with Crippen molar-refractivity contribution in [2.75, 3.05) is 37.0 Å². The number of benzene rings is 1. The summed E-state index contributed by atoms with van der Waals surface area (Å²) < 4.78 is 18.6. The maximum Gasteiger partial charge on any atom is 0.416 e. The first kappa shape index (κ1) is 37.3. The van der Waals surface area contributed by atoms with Crippen LogP contribution in [-0.2, 0) is 16.0 Å². The summed E-state index contributed by atoms with van der Waals surface area (Å²) in [6.45, 7) is 16.3. The predicted molar refractivity (Wildman–Crippen MR) is 196 cm³/mol. The molecule has 3 aromatic heterocycles. The summed E-state index contributed by atoms with van der Waals surface area (Å²) in [5.41, 5.74) is 2.62. The van der Waals surface area contributed by atoms with Crippen LogP contribution in [-0.4, -0.2) is 85.8 Å². The highest BCUT2D eigenvalue weighted by atomic mass is 16.6. The molecule has 2 N–H and O–H groups in total. The Kier molecular flexibility index (Phi) is 11.1. The van der Waals surface area contributed by atoms with Crippen molar-refractivity contribution in [2.24, 2.45) is 5.92 Å². The minimum absolute atomic E-state index is 0.114. The van der Waals surface area contributed by atoms with Crippen molar-refractivity contribution < 1.29 is 28.9 Å². The van der Waals surface area contributed by atoms with Crippen LogP contribution in [0.25, 0.3) is 16.9 Å². The molecule has 51 heavy (non-hydrogen) atoms. The molecule has 1 aromatic carbocycles. The van der Waals surface area contributed by atoms with Crippen LogP contribution in [0.1, 0.15) is 78.9 Å². The number of methoxy groups -OCH3 is 1. The Morgan fingerprint density at radius 2 is 1.76 bits per heavy atom. The number of nitrogens with zero attached hydrogens (tertiary/aromatic N) is 6. The lowest BCUT2D eigenvalue weighted by Crippen LogP contribution is -2.49. The van der Waals surface area contributed by atoms with Gasteiger partial charge in [-0.1, -0.05) is 38.1 Å². The van der Waals surface area contributed by atoms with E-state index in [1.807, 2.05) is 77.9 Å². The van der Waals surface area contributed by atoms with E-state index >= 15 is 0 Å². The highest BCUT2D eigenvalue weighted by molar-refractivity contribution is 5.88. The van der Waals surface area contributed by atoms with Gasteiger partial charge in [0.1, 0.15) is 34.3 Å². The summed E-state index contributed by atoms with van der Waals surface area (Å²) in [6, 6.07) is 13.3. The van der Waals surface area contributed by atoms with Gasteiger partial charge in [0.05, 0.1) is 32.5 Å². The lowest BCUT2D eigenvalue weighted by atomic mass is 9.94. The highest BCUT2D eigenvalue weighted by Gasteiger charge is 2.33. The molecule has 1 saturated heterocycles. The number of ether oxygens (including phenoxy) is 3. The van der Waals surface area contributed by atoms with Crippen molar-refractivity contribution >= 4 is 29.5 Å². The maximum absolute atomic E-state index is 14.0. The molecule has 0 aliphatic carbocycles. The maximum atomic E-state index is 14.0. The topological polar surface area (TPSA) is 144 Å². The first-order valence-electron chi connectivity index (χ1n) is 17.4. The molecule has 0 unspecified atom stereocenters. The molecule has 2 atom stereocenters. The van der Waals surface area contributed by atoms with Crippen LogP contribution in [0.2, 0.25) is 0 Å². The van der Waals surface area contributed by atoms with Gasteiger partial charge < -0.3 is 29.5 Å². The monoisotopic (exact) mass is 701 g/mol. The molecule has 13 heteroatoms. The second-order valence-electron chi connectivity index (χ2n) is 15.2. The molecule has 4 aromatic rings. The first-order valence-corrected chi connectivity index (χ1v) is 17.4. The van der Waals surface area contributed by atoms with E-state index in [2.05, 4.69) is 29.2 Å². The van der Waals surface area contributed by atoms with Crippen LogP contribution in [0.15, 0.2) is 54.9 Å². The Morgan fingerprint density at radius 1 is 1.06 bits per heavy atom. The molecule has 1 aliphatic rings. The molecular weight excluding hydrogens is 650 g/mol. The fourth-order valence-corrected chi connectivity index (χ4v) is 5.88. The quantitative estimate of drug-likeness (QED) is 0.189. The summed E-state index contributed by atoms with van der Waals surface area (Å²) in [4.78, 5) is 39.1. The van der Waals surface area contributed by atoms with Crippen molar-refractivity contribution in [3.63, 3.8) is 0 Å². The molecular formula is C38H51N7O6. The largest absolute Gasteiger partial charge is 0.494 e. The molecule has 4 heterocycles. The standard InChI is InChI=1S/C38H51N7O6/c1-24(2)28-21-41-45-32(19-31(42-34(28)45)40-20-27-16-18-43(23-29(27)46)35(47)50-37(3,4)5)44(36(48)51-38(6,7)8)22-25-12-14-26(15-13-25)33-30(49-9)11-10-17-39-33/h10-15,17,19,21,24,27,29,46H,16,18,20,22-23H2,1-9H3,(H,40,42)/t27-,29+/m1/s1. The zero-order valence-electron chi connectivity index (χ0n) is 31.1. The number of carbonyl (C=O) groups is 2. The molecule has 0 spiro atoms. The second-order valence-corrected chi connectivity index (χ2v) is 15.2. The number of fused-ring (bicyclic) bond motifs is 1. The highest BCUT2D eigenvalue weighted by Crippen LogP contribution is 2.31. The number of pyridine rings is 1. The van der Waals surface area contributed by atoms with Gasteiger partial charge in [-0.3, -0.25) is 9.88 Å². The van der Waals surface area contributed by atoms with Crippen molar-refractivity contribution in [2.45, 2.75) is 91.6 Å². The van der Waals surface area contributed by atoms with Gasteiger partial charge in [0.2, 0.25) is 0 Å². The Bertz CT molecular complexity index is 1830. The van der Waals surface area contributed by atoms with Crippen LogP contribution >= 0.6 is 0 Å². The van der Waals surface area contributed by atoms with Crippen molar-refractivity contribution in [1.29, 1.82) is 0 Å². The predicted octanol–water partition coefficient (Wildman–Crippen LogP) is 6.89. The van der Waals surface area contributed by atoms with Gasteiger partial charge in [-0.15, -0.1) is 0 Å². The Hall–Kier alpha value is -4.91. The van der Waals surface area contributed by atoms with Crippen LogP contribution < -0.4 is 15.0 Å². The molecule has 1 fully saturated rings. The summed E-state index contributed by atoms with van der Waals surface area (Å²) in [5, 5.41) is 19.1. The van der Waals surface area contributed by atoms with E-state index in [1.54, 1.807) is 39.9 Å². The average molecular weight is 702 g/mol. The van der Waals surface area contributed by atoms with E-state index in [4.69, 9.17) is 19.2 Å². The van der Waals surface area contributed by atoms with Crippen LogP contribution in [0, 0.1) is 5.92 Å². The molecule has 2 amide bonds. The van der Waals surface area contributed by atoms with Crippen LogP contribution in [0.4, 0.5) is 21.2 Å². The third kappa shape index (κ3) is 9.26. The number of aliphatic hydroxyl groups excluding tert-OH is 1. The van der Waals surface area contributed by atoms with E-state index in [-0.39, 0.29) is 24.9 Å². The number of piperidine rings is 1. The molecule has 5 rings (SSSR count). The fraction of sp³-hybridized carbons (Fsp3) is 0.500. The van der Waals surface area contributed by atoms with E-state index in [0.717, 1.165) is 22.4 Å². The smallest absolute Gasteiger partial charge is 0.416 e. The minimum Gasteiger partial charge on any atom is -0.494 e. The summed E-state index contributed by atoms with van der Waals surface area (Å²) in [6.07, 6.45) is 2.35. The van der Waals surface area contributed by atoms with Gasteiger partial charge in [-0.05, 0) is 71.6 Å². The van der Waals surface area contributed by atoms with Crippen LogP contribution in [0.5, 0.6) is 5.75 Å². The molecule has 0 bridgehead atoms. The Morgan fingerprint density at radius 3 is 2.39 bits per heavy atom. The zero-order valence-corrected chi connectivity index (χ0v) is 31.1. The number of aliphatic hydroxyl groups is 1. The normalized spacial score (nSPS) is 16.6. The Balaban J connectivity index is 1.44. The van der Waals surface area contributed by atoms with Crippen LogP contribution in [0.3, 0.4) is 0 Å². The van der Waals surface area contributed by atoms with E-state index in [9.17, 15) is 14.7 Å². The number of aromatic nitrogens is 4. The van der Waals surface area contributed by atoms with Gasteiger partial charge in [0.25, 0.3) is 0 Å². The SMILES string of the molecule is COc1cccnc1-c1ccc(CN(C(=O)OC(C)(C)C)c2cc(NC[C@H]3CCN(C(=O)OC(C)(C)C)C[C@@H]3O)nc3c(C(C)C)cnn23)cc1. The molecule has 0 radical (unpaired) electrons. The Labute approximate surface area is 299 Å². The number of amides is 2. The number of rotatable bonds is 9. The third-order valence-electron chi connectivity index (χ3n) is 8.47. The summed E-state index contributed by atoms with van der Waals surface area (Å²) in [5.74, 6) is 1.63.